The van der Waals surface area contributed by atoms with Gasteiger partial charge in [0.25, 0.3) is 0 Å². The maximum Gasteiger partial charge on any atom is 0.416 e. The summed E-state index contributed by atoms with van der Waals surface area (Å²) in [6.07, 6.45) is -1.51. The fraction of sp³-hybridized carbons (Fsp3) is 0.533. The Morgan fingerprint density at radius 3 is 2.52 bits per heavy atom. The number of aromatic nitrogens is 2. The van der Waals surface area contributed by atoms with Gasteiger partial charge in [0, 0.05) is 6.04 Å². The molecule has 1 heterocycles. The van der Waals surface area contributed by atoms with E-state index in [0.29, 0.717) is 11.3 Å². The summed E-state index contributed by atoms with van der Waals surface area (Å²) in [4.78, 5) is 4.29. The summed E-state index contributed by atoms with van der Waals surface area (Å²) >= 11 is 5.93. The van der Waals surface area contributed by atoms with Gasteiger partial charge >= 0.3 is 6.18 Å². The summed E-state index contributed by atoms with van der Waals surface area (Å²) in [5.41, 5.74) is 0.401. The summed E-state index contributed by atoms with van der Waals surface area (Å²) in [5.74, 6) is 0.822. The zero-order chi connectivity index (χ0) is 15.6. The van der Waals surface area contributed by atoms with E-state index >= 15 is 0 Å². The molecule has 0 bridgehead atoms. The van der Waals surface area contributed by atoms with Crippen molar-refractivity contribution in [2.75, 3.05) is 0 Å². The van der Waals surface area contributed by atoms with Crippen molar-refractivity contribution in [3.05, 3.63) is 29.6 Å². The molecule has 0 aliphatic heterocycles. The van der Waals surface area contributed by atoms with Crippen LogP contribution in [0.4, 0.5) is 13.2 Å². The maximum atomic E-state index is 12.8. The fourth-order valence-corrected chi connectivity index (χ4v) is 2.86. The van der Waals surface area contributed by atoms with E-state index in [0.717, 1.165) is 36.9 Å². The van der Waals surface area contributed by atoms with Crippen molar-refractivity contribution >= 4 is 22.6 Å². The number of halogens is 4. The minimum atomic E-state index is -4.35. The summed E-state index contributed by atoms with van der Waals surface area (Å²) in [5, 5.41) is 0. The van der Waals surface area contributed by atoms with Crippen LogP contribution in [0.1, 0.15) is 50.5 Å². The summed E-state index contributed by atoms with van der Waals surface area (Å²) in [6.45, 7) is 4.15. The van der Waals surface area contributed by atoms with Crippen LogP contribution < -0.4 is 0 Å². The summed E-state index contributed by atoms with van der Waals surface area (Å²) < 4.78 is 40.4. The van der Waals surface area contributed by atoms with Gasteiger partial charge in [-0.25, -0.2) is 4.98 Å². The Balaban J connectivity index is 2.59. The molecule has 0 saturated carbocycles. The van der Waals surface area contributed by atoms with E-state index in [1.54, 1.807) is 0 Å². The lowest BCUT2D eigenvalue weighted by atomic mass is 10.1. The molecule has 0 radical (unpaired) electrons. The first kappa shape index (κ1) is 16.1. The van der Waals surface area contributed by atoms with E-state index in [9.17, 15) is 13.2 Å². The molecular weight excluding hydrogens is 301 g/mol. The third kappa shape index (κ3) is 3.18. The molecule has 1 unspecified atom stereocenters. The van der Waals surface area contributed by atoms with Crippen LogP contribution in [-0.2, 0) is 12.1 Å². The van der Waals surface area contributed by atoms with Gasteiger partial charge in [0.2, 0.25) is 0 Å². The molecule has 1 aromatic carbocycles. The van der Waals surface area contributed by atoms with Gasteiger partial charge in [0.1, 0.15) is 5.82 Å². The zero-order valence-corrected chi connectivity index (χ0v) is 12.8. The average Bonchev–Trinajstić information content (AvgIpc) is 2.81. The molecule has 0 spiro atoms. The Kier molecular flexibility index (Phi) is 4.81. The minimum absolute atomic E-state index is 0.191. The molecule has 0 saturated heterocycles. The van der Waals surface area contributed by atoms with Gasteiger partial charge in [-0.05, 0) is 31.0 Å². The first-order valence-electron chi connectivity index (χ1n) is 7.06. The highest BCUT2D eigenvalue weighted by atomic mass is 35.5. The average molecular weight is 319 g/mol. The lowest BCUT2D eigenvalue weighted by Crippen LogP contribution is -2.11. The first-order chi connectivity index (χ1) is 9.92. The summed E-state index contributed by atoms with van der Waals surface area (Å²) in [7, 11) is 0. The van der Waals surface area contributed by atoms with Crippen molar-refractivity contribution in [1.82, 2.24) is 9.55 Å². The third-order valence-corrected chi connectivity index (χ3v) is 3.91. The number of hydrogen-bond acceptors (Lipinski definition) is 1. The fourth-order valence-electron chi connectivity index (χ4n) is 2.68. The second-order valence-corrected chi connectivity index (χ2v) is 5.35. The SMILES string of the molecule is CCCC(CC)n1c(CCl)nc2cc(C(F)(F)F)ccc21. The molecule has 1 aromatic heterocycles. The van der Waals surface area contributed by atoms with Gasteiger partial charge < -0.3 is 4.57 Å². The molecule has 6 heteroatoms. The Bertz CT molecular complexity index is 619. The van der Waals surface area contributed by atoms with E-state index in [4.69, 9.17) is 11.6 Å². The van der Waals surface area contributed by atoms with E-state index < -0.39 is 11.7 Å². The second kappa shape index (κ2) is 6.26. The molecule has 0 amide bonds. The van der Waals surface area contributed by atoms with Crippen LogP contribution in [0.5, 0.6) is 0 Å². The van der Waals surface area contributed by atoms with Gasteiger partial charge in [-0.1, -0.05) is 20.3 Å². The quantitative estimate of drug-likeness (QED) is 0.661. The van der Waals surface area contributed by atoms with Crippen LogP contribution in [0.2, 0.25) is 0 Å². The second-order valence-electron chi connectivity index (χ2n) is 5.08. The van der Waals surface area contributed by atoms with Crippen molar-refractivity contribution < 1.29 is 13.2 Å². The highest BCUT2D eigenvalue weighted by molar-refractivity contribution is 6.16. The highest BCUT2D eigenvalue weighted by Gasteiger charge is 2.31. The molecule has 2 rings (SSSR count). The summed E-state index contributed by atoms with van der Waals surface area (Å²) in [6, 6.07) is 3.92. The molecule has 0 N–H and O–H groups in total. The van der Waals surface area contributed by atoms with Crippen LogP contribution in [-0.4, -0.2) is 9.55 Å². The predicted octanol–water partition coefficient (Wildman–Crippen LogP) is 5.55. The van der Waals surface area contributed by atoms with Crippen molar-refractivity contribution in [3.8, 4) is 0 Å². The van der Waals surface area contributed by atoms with Crippen LogP contribution in [0.15, 0.2) is 18.2 Å². The largest absolute Gasteiger partial charge is 0.416 e. The Hall–Kier alpha value is -1.23. The number of imidazole rings is 1. The first-order valence-corrected chi connectivity index (χ1v) is 7.59. The predicted molar refractivity (Wildman–Crippen MR) is 78.5 cm³/mol. The lowest BCUT2D eigenvalue weighted by molar-refractivity contribution is -0.137. The van der Waals surface area contributed by atoms with E-state index in [-0.39, 0.29) is 11.9 Å². The smallest absolute Gasteiger partial charge is 0.324 e. The molecular formula is C15H18ClF3N2. The van der Waals surface area contributed by atoms with Gasteiger partial charge in [0.15, 0.2) is 0 Å². The Morgan fingerprint density at radius 2 is 2.00 bits per heavy atom. The van der Waals surface area contributed by atoms with E-state index in [1.165, 1.54) is 6.07 Å². The number of benzene rings is 1. The lowest BCUT2D eigenvalue weighted by Gasteiger charge is -2.19. The standard InChI is InChI=1S/C15H18ClF3N2/c1-3-5-11(4-2)21-13-7-6-10(15(17,18)19)8-12(13)20-14(21)9-16/h6-8,11H,3-5,9H2,1-2H3. The van der Waals surface area contributed by atoms with E-state index in [2.05, 4.69) is 18.8 Å². The molecule has 2 nitrogen and oxygen atoms in total. The maximum absolute atomic E-state index is 12.8. The molecule has 2 aromatic rings. The van der Waals surface area contributed by atoms with Gasteiger partial charge in [-0.2, -0.15) is 13.2 Å². The van der Waals surface area contributed by atoms with Gasteiger partial charge in [-0.3, -0.25) is 0 Å². The monoisotopic (exact) mass is 318 g/mol. The van der Waals surface area contributed by atoms with E-state index in [1.807, 2.05) is 4.57 Å². The highest BCUT2D eigenvalue weighted by Crippen LogP contribution is 2.33. The number of fused-ring (bicyclic) bond motifs is 1. The number of rotatable bonds is 5. The molecule has 0 aliphatic carbocycles. The van der Waals surface area contributed by atoms with Crippen LogP contribution in [0.25, 0.3) is 11.0 Å². The van der Waals surface area contributed by atoms with Gasteiger partial charge in [-0.15, -0.1) is 11.6 Å². The molecule has 21 heavy (non-hydrogen) atoms. The normalized spacial score (nSPS) is 13.8. The van der Waals surface area contributed by atoms with Crippen molar-refractivity contribution in [3.63, 3.8) is 0 Å². The molecule has 1 atom stereocenters. The number of hydrogen-bond donors (Lipinski definition) is 0. The number of nitrogens with zero attached hydrogens (tertiary/aromatic N) is 2. The molecule has 0 fully saturated rings. The minimum Gasteiger partial charge on any atom is -0.324 e. The van der Waals surface area contributed by atoms with Crippen LogP contribution in [0.3, 0.4) is 0 Å². The van der Waals surface area contributed by atoms with Crippen LogP contribution >= 0.6 is 11.6 Å². The Morgan fingerprint density at radius 1 is 1.29 bits per heavy atom. The molecule has 116 valence electrons. The Labute approximate surface area is 126 Å². The van der Waals surface area contributed by atoms with Crippen LogP contribution in [0, 0.1) is 0 Å². The van der Waals surface area contributed by atoms with Crippen molar-refractivity contribution in [1.29, 1.82) is 0 Å². The van der Waals surface area contributed by atoms with Crippen molar-refractivity contribution in [2.45, 2.75) is 51.2 Å². The van der Waals surface area contributed by atoms with Crippen molar-refractivity contribution in [2.24, 2.45) is 0 Å². The topological polar surface area (TPSA) is 17.8 Å². The number of alkyl halides is 4. The van der Waals surface area contributed by atoms with Gasteiger partial charge in [0.05, 0.1) is 22.5 Å². The third-order valence-electron chi connectivity index (χ3n) is 3.67. The zero-order valence-electron chi connectivity index (χ0n) is 12.0. The molecule has 0 aliphatic rings.